The van der Waals surface area contributed by atoms with Crippen molar-refractivity contribution < 1.29 is 0 Å². The van der Waals surface area contributed by atoms with Crippen molar-refractivity contribution in [2.24, 2.45) is 7.05 Å². The van der Waals surface area contributed by atoms with Gasteiger partial charge < -0.3 is 9.88 Å². The average molecular weight is 323 g/mol. The van der Waals surface area contributed by atoms with Gasteiger partial charge in [0.15, 0.2) is 0 Å². The first kappa shape index (κ1) is 15.4. The van der Waals surface area contributed by atoms with Gasteiger partial charge in [-0.1, -0.05) is 0 Å². The minimum absolute atomic E-state index is 0.634. The van der Waals surface area contributed by atoms with E-state index in [0.29, 0.717) is 5.92 Å². The van der Waals surface area contributed by atoms with Gasteiger partial charge in [-0.3, -0.25) is 4.68 Å². The van der Waals surface area contributed by atoms with E-state index in [4.69, 9.17) is 0 Å². The Morgan fingerprint density at radius 1 is 1.17 bits per heavy atom. The Morgan fingerprint density at radius 2 is 1.96 bits per heavy atom. The molecule has 0 unspecified atom stereocenters. The molecule has 0 atom stereocenters. The molecule has 0 radical (unpaired) electrons. The monoisotopic (exact) mass is 323 g/mol. The smallest absolute Gasteiger partial charge is 0.137 e. The van der Waals surface area contributed by atoms with Crippen LogP contribution in [0, 0.1) is 0 Å². The van der Waals surface area contributed by atoms with Gasteiger partial charge in [0.2, 0.25) is 0 Å². The van der Waals surface area contributed by atoms with Crippen LogP contribution in [0.3, 0.4) is 0 Å². The molecule has 1 fully saturated rings. The zero-order valence-corrected chi connectivity index (χ0v) is 14.7. The van der Waals surface area contributed by atoms with Crippen LogP contribution in [0.2, 0.25) is 0 Å². The van der Waals surface area contributed by atoms with Crippen molar-refractivity contribution >= 4 is 11.0 Å². The molecule has 126 valence electrons. The summed E-state index contributed by atoms with van der Waals surface area (Å²) in [5, 5.41) is 5.50. The molecule has 3 aromatic rings. The second-order valence-corrected chi connectivity index (χ2v) is 7.24. The lowest BCUT2D eigenvalue weighted by atomic mass is 9.81. The lowest BCUT2D eigenvalue weighted by Gasteiger charge is -2.32. The lowest BCUT2D eigenvalue weighted by molar-refractivity contribution is 0.216. The van der Waals surface area contributed by atoms with Gasteiger partial charge in [0.1, 0.15) is 5.65 Å². The van der Waals surface area contributed by atoms with Crippen LogP contribution in [-0.2, 0) is 7.05 Å². The number of nitrogens with one attached hydrogen (secondary N) is 1. The van der Waals surface area contributed by atoms with Crippen molar-refractivity contribution in [2.75, 3.05) is 14.1 Å². The molecule has 1 aliphatic rings. The van der Waals surface area contributed by atoms with Gasteiger partial charge in [-0.25, -0.2) is 4.98 Å². The number of nitrogens with zero attached hydrogens (tertiary/aromatic N) is 4. The predicted octanol–water partition coefficient (Wildman–Crippen LogP) is 3.55. The predicted molar refractivity (Wildman–Crippen MR) is 97.0 cm³/mol. The number of hydrogen-bond acceptors (Lipinski definition) is 3. The summed E-state index contributed by atoms with van der Waals surface area (Å²) in [5.74, 6) is 0.634. The quantitative estimate of drug-likeness (QED) is 0.802. The van der Waals surface area contributed by atoms with Crippen LogP contribution in [0.5, 0.6) is 0 Å². The second kappa shape index (κ2) is 6.06. The van der Waals surface area contributed by atoms with E-state index in [9.17, 15) is 0 Å². The number of H-pyrrole nitrogens is 1. The Bertz CT molecular complexity index is 836. The summed E-state index contributed by atoms with van der Waals surface area (Å²) < 4.78 is 1.84. The van der Waals surface area contributed by atoms with Crippen molar-refractivity contribution in [3.05, 3.63) is 36.4 Å². The zero-order chi connectivity index (χ0) is 16.7. The molecule has 0 amide bonds. The molecule has 1 aliphatic carbocycles. The summed E-state index contributed by atoms with van der Waals surface area (Å²) in [6.07, 6.45) is 13.1. The first-order valence-electron chi connectivity index (χ1n) is 8.74. The van der Waals surface area contributed by atoms with Crippen molar-refractivity contribution in [3.8, 4) is 11.1 Å². The Labute approximate surface area is 142 Å². The third kappa shape index (κ3) is 2.73. The minimum atomic E-state index is 0.634. The summed E-state index contributed by atoms with van der Waals surface area (Å²) in [7, 11) is 6.34. The number of aromatic nitrogens is 4. The highest BCUT2D eigenvalue weighted by Crippen LogP contribution is 2.36. The normalized spacial score (nSPS) is 21.7. The Kier molecular flexibility index (Phi) is 3.88. The molecule has 4 rings (SSSR count). The van der Waals surface area contributed by atoms with Crippen molar-refractivity contribution in [3.63, 3.8) is 0 Å². The average Bonchev–Trinajstić information content (AvgIpc) is 3.20. The number of aromatic amines is 1. The summed E-state index contributed by atoms with van der Waals surface area (Å²) >= 11 is 0. The molecule has 3 heterocycles. The third-order valence-corrected chi connectivity index (χ3v) is 5.47. The second-order valence-electron chi connectivity index (χ2n) is 7.24. The van der Waals surface area contributed by atoms with Gasteiger partial charge in [0, 0.05) is 48.2 Å². The van der Waals surface area contributed by atoms with E-state index in [0.717, 1.165) is 17.3 Å². The van der Waals surface area contributed by atoms with Gasteiger partial charge in [-0.05, 0) is 57.3 Å². The van der Waals surface area contributed by atoms with E-state index in [-0.39, 0.29) is 0 Å². The highest BCUT2D eigenvalue weighted by molar-refractivity contribution is 5.93. The maximum Gasteiger partial charge on any atom is 0.137 e. The first-order chi connectivity index (χ1) is 11.6. The van der Waals surface area contributed by atoms with E-state index in [1.165, 1.54) is 42.2 Å². The summed E-state index contributed by atoms with van der Waals surface area (Å²) in [5.41, 5.74) is 4.66. The Hall–Kier alpha value is -2.14. The largest absolute Gasteiger partial charge is 0.346 e. The highest BCUT2D eigenvalue weighted by Gasteiger charge is 2.24. The Morgan fingerprint density at radius 3 is 2.62 bits per heavy atom. The van der Waals surface area contributed by atoms with Crippen molar-refractivity contribution in [1.82, 2.24) is 24.6 Å². The van der Waals surface area contributed by atoms with E-state index in [1.807, 2.05) is 24.1 Å². The SMILES string of the molecule is Cn1cc(-c2c[nH]c3ncc([C@H]4CC[C@@H](N(C)C)CC4)cc23)cn1. The van der Waals surface area contributed by atoms with Crippen LogP contribution in [0.25, 0.3) is 22.2 Å². The molecule has 1 N–H and O–H groups in total. The number of fused-ring (bicyclic) bond motifs is 1. The zero-order valence-electron chi connectivity index (χ0n) is 14.7. The number of pyridine rings is 1. The topological polar surface area (TPSA) is 49.7 Å². The van der Waals surface area contributed by atoms with Crippen LogP contribution >= 0.6 is 0 Å². The summed E-state index contributed by atoms with van der Waals surface area (Å²) in [4.78, 5) is 10.3. The van der Waals surface area contributed by atoms with E-state index < -0.39 is 0 Å². The summed E-state index contributed by atoms with van der Waals surface area (Å²) in [6.45, 7) is 0. The van der Waals surface area contributed by atoms with E-state index in [1.54, 1.807) is 0 Å². The van der Waals surface area contributed by atoms with Crippen LogP contribution < -0.4 is 0 Å². The summed E-state index contributed by atoms with van der Waals surface area (Å²) in [6, 6.07) is 3.07. The fraction of sp³-hybridized carbons (Fsp3) is 0.474. The van der Waals surface area contributed by atoms with Crippen molar-refractivity contribution in [1.29, 1.82) is 0 Å². The van der Waals surface area contributed by atoms with Gasteiger partial charge in [0.05, 0.1) is 6.20 Å². The maximum absolute atomic E-state index is 4.67. The van der Waals surface area contributed by atoms with Gasteiger partial charge in [-0.2, -0.15) is 5.10 Å². The molecule has 3 aromatic heterocycles. The highest BCUT2D eigenvalue weighted by atomic mass is 15.2. The molecule has 24 heavy (non-hydrogen) atoms. The molecule has 0 aromatic carbocycles. The molecule has 5 heteroatoms. The van der Waals surface area contributed by atoms with Gasteiger partial charge in [-0.15, -0.1) is 0 Å². The first-order valence-corrected chi connectivity index (χ1v) is 8.74. The number of hydrogen-bond donors (Lipinski definition) is 1. The number of rotatable bonds is 3. The number of aryl methyl sites for hydroxylation is 1. The molecular formula is C19H25N5. The van der Waals surface area contributed by atoms with Crippen LogP contribution in [-0.4, -0.2) is 44.8 Å². The fourth-order valence-corrected chi connectivity index (χ4v) is 3.97. The molecule has 0 bridgehead atoms. The van der Waals surface area contributed by atoms with Crippen LogP contribution in [0.4, 0.5) is 0 Å². The van der Waals surface area contributed by atoms with Crippen molar-refractivity contribution in [2.45, 2.75) is 37.6 Å². The van der Waals surface area contributed by atoms with E-state index in [2.05, 4.69) is 52.5 Å². The van der Waals surface area contributed by atoms with Gasteiger partial charge in [0.25, 0.3) is 0 Å². The van der Waals surface area contributed by atoms with Crippen LogP contribution in [0.15, 0.2) is 30.9 Å². The maximum atomic E-state index is 4.67. The third-order valence-electron chi connectivity index (χ3n) is 5.47. The van der Waals surface area contributed by atoms with Gasteiger partial charge >= 0.3 is 0 Å². The molecular weight excluding hydrogens is 298 g/mol. The molecule has 0 aliphatic heterocycles. The molecule has 0 spiro atoms. The molecule has 5 nitrogen and oxygen atoms in total. The Balaban J connectivity index is 1.64. The molecule has 1 saturated carbocycles. The molecule has 0 saturated heterocycles. The standard InChI is InChI=1S/C19H25N5/c1-23(2)16-6-4-13(5-7-16)14-8-17-18(11-21-19(17)20-9-14)15-10-22-24(3)12-15/h8-13,16H,4-7H2,1-3H3,(H,20,21)/t13-,16+. The van der Waals surface area contributed by atoms with E-state index >= 15 is 0 Å². The van der Waals surface area contributed by atoms with Crippen LogP contribution in [0.1, 0.15) is 37.2 Å². The fourth-order valence-electron chi connectivity index (χ4n) is 3.97. The lowest BCUT2D eigenvalue weighted by Crippen LogP contribution is -2.31. The minimum Gasteiger partial charge on any atom is -0.346 e.